The lowest BCUT2D eigenvalue weighted by Crippen LogP contribution is -2.27. The topological polar surface area (TPSA) is 72.5 Å². The lowest BCUT2D eigenvalue weighted by molar-refractivity contribution is -0.389. The van der Waals surface area contributed by atoms with Crippen molar-refractivity contribution in [3.63, 3.8) is 0 Å². The summed E-state index contributed by atoms with van der Waals surface area (Å²) in [6.45, 7) is 2.91. The molecule has 3 heterocycles. The van der Waals surface area contributed by atoms with Gasteiger partial charge >= 0.3 is 5.82 Å². The Balaban J connectivity index is 1.85. The fourth-order valence-corrected chi connectivity index (χ4v) is 4.27. The molecule has 0 aliphatic carbocycles. The van der Waals surface area contributed by atoms with Crippen molar-refractivity contribution in [3.8, 4) is 0 Å². The summed E-state index contributed by atoms with van der Waals surface area (Å²) in [7, 11) is 0. The fourth-order valence-electron chi connectivity index (χ4n) is 2.31. The Bertz CT molecular complexity index is 615. The minimum atomic E-state index is -0.376. The number of aromatic nitrogens is 2. The molecule has 0 amide bonds. The van der Waals surface area contributed by atoms with Crippen molar-refractivity contribution >= 4 is 39.7 Å². The molecule has 0 radical (unpaired) electrons. The second-order valence-corrected chi connectivity index (χ2v) is 7.41. The highest BCUT2D eigenvalue weighted by Crippen LogP contribution is 2.38. The third kappa shape index (κ3) is 2.30. The Labute approximate surface area is 118 Å². The lowest BCUT2D eigenvalue weighted by Gasteiger charge is -2.22. The van der Waals surface area contributed by atoms with Crippen LogP contribution in [0.5, 0.6) is 0 Å². The summed E-state index contributed by atoms with van der Waals surface area (Å²) in [6, 6.07) is 0. The Kier molecular flexibility index (Phi) is 3.14. The van der Waals surface area contributed by atoms with E-state index < -0.39 is 0 Å². The van der Waals surface area contributed by atoms with Gasteiger partial charge in [0, 0.05) is 16.7 Å². The highest BCUT2D eigenvalue weighted by atomic mass is 32.2. The summed E-state index contributed by atoms with van der Waals surface area (Å²) in [4.78, 5) is 15.8. The minimum absolute atomic E-state index is 0.0304. The summed E-state index contributed by atoms with van der Waals surface area (Å²) in [5.74, 6) is 1.58. The number of anilines is 1. The van der Waals surface area contributed by atoms with Crippen LogP contribution in [0, 0.1) is 10.1 Å². The van der Waals surface area contributed by atoms with E-state index in [-0.39, 0.29) is 15.5 Å². The van der Waals surface area contributed by atoms with Crippen molar-refractivity contribution in [2.45, 2.75) is 24.5 Å². The van der Waals surface area contributed by atoms with E-state index in [1.165, 1.54) is 27.9 Å². The molecule has 19 heavy (non-hydrogen) atoms. The van der Waals surface area contributed by atoms with Crippen LogP contribution in [-0.2, 0) is 0 Å². The van der Waals surface area contributed by atoms with Crippen molar-refractivity contribution in [2.24, 2.45) is 0 Å². The van der Waals surface area contributed by atoms with E-state index in [0.717, 1.165) is 6.42 Å². The first-order valence-electron chi connectivity index (χ1n) is 6.07. The zero-order chi connectivity index (χ0) is 13.5. The molecular formula is C11H14N4O2S2. The zero-order valence-electron chi connectivity index (χ0n) is 10.5. The van der Waals surface area contributed by atoms with E-state index in [9.17, 15) is 10.1 Å². The highest BCUT2D eigenvalue weighted by Gasteiger charge is 2.31. The van der Waals surface area contributed by atoms with Crippen LogP contribution in [0.3, 0.4) is 0 Å². The summed E-state index contributed by atoms with van der Waals surface area (Å²) in [5, 5.41) is 16.1. The van der Waals surface area contributed by atoms with Gasteiger partial charge in [0.05, 0.1) is 0 Å². The number of fused-ring (bicyclic) bond motifs is 1. The molecule has 2 aromatic rings. The van der Waals surface area contributed by atoms with Gasteiger partial charge in [-0.2, -0.15) is 21.1 Å². The minimum Gasteiger partial charge on any atom is -0.362 e. The van der Waals surface area contributed by atoms with Crippen molar-refractivity contribution in [1.29, 1.82) is 0 Å². The van der Waals surface area contributed by atoms with E-state index >= 15 is 0 Å². The van der Waals surface area contributed by atoms with Crippen LogP contribution in [0.15, 0.2) is 11.6 Å². The highest BCUT2D eigenvalue weighted by molar-refractivity contribution is 8.00. The Morgan fingerprint density at radius 3 is 3.21 bits per heavy atom. The first kappa shape index (κ1) is 12.7. The molecule has 8 heteroatoms. The SMILES string of the molecule is CC1(CNc2nc3sccn3c2[N+](=O)[O-])CCCS1. The van der Waals surface area contributed by atoms with Crippen LogP contribution in [-0.4, -0.2) is 31.4 Å². The maximum absolute atomic E-state index is 11.2. The monoisotopic (exact) mass is 298 g/mol. The first-order chi connectivity index (χ1) is 9.09. The quantitative estimate of drug-likeness (QED) is 0.694. The Hall–Kier alpha value is -1.28. The lowest BCUT2D eigenvalue weighted by atomic mass is 10.1. The van der Waals surface area contributed by atoms with Crippen molar-refractivity contribution in [2.75, 3.05) is 17.6 Å². The van der Waals surface area contributed by atoms with Crippen LogP contribution < -0.4 is 5.32 Å². The number of hydrogen-bond donors (Lipinski definition) is 1. The van der Waals surface area contributed by atoms with E-state index in [4.69, 9.17) is 0 Å². The van der Waals surface area contributed by atoms with Gasteiger partial charge in [-0.1, -0.05) is 11.3 Å². The molecule has 0 bridgehead atoms. The van der Waals surface area contributed by atoms with E-state index in [2.05, 4.69) is 17.2 Å². The zero-order valence-corrected chi connectivity index (χ0v) is 12.1. The molecule has 1 aliphatic heterocycles. The molecule has 0 saturated carbocycles. The van der Waals surface area contributed by atoms with Gasteiger partial charge in [0.15, 0.2) is 0 Å². The smallest absolute Gasteiger partial charge is 0.362 e. The number of nitrogens with zero attached hydrogens (tertiary/aromatic N) is 3. The number of nitro groups is 1. The molecule has 2 aromatic heterocycles. The predicted octanol–water partition coefficient (Wildman–Crippen LogP) is 3.00. The average molecular weight is 298 g/mol. The Morgan fingerprint density at radius 2 is 2.53 bits per heavy atom. The molecular weight excluding hydrogens is 284 g/mol. The number of thioether (sulfide) groups is 1. The van der Waals surface area contributed by atoms with Gasteiger partial charge in [-0.3, -0.25) is 0 Å². The van der Waals surface area contributed by atoms with Gasteiger partial charge in [0.1, 0.15) is 6.20 Å². The molecule has 1 N–H and O–H groups in total. The predicted molar refractivity (Wildman–Crippen MR) is 78.3 cm³/mol. The van der Waals surface area contributed by atoms with Crippen LogP contribution in [0.1, 0.15) is 19.8 Å². The number of rotatable bonds is 4. The molecule has 6 nitrogen and oxygen atoms in total. The molecule has 1 fully saturated rings. The molecule has 3 rings (SSSR count). The fraction of sp³-hybridized carbons (Fsp3) is 0.545. The second-order valence-electron chi connectivity index (χ2n) is 4.85. The van der Waals surface area contributed by atoms with Crippen molar-refractivity contribution in [3.05, 3.63) is 21.7 Å². The summed E-state index contributed by atoms with van der Waals surface area (Å²) in [6.07, 6.45) is 4.03. The van der Waals surface area contributed by atoms with E-state index in [1.807, 2.05) is 11.8 Å². The molecule has 0 aromatic carbocycles. The summed E-state index contributed by atoms with van der Waals surface area (Å²) >= 11 is 3.32. The van der Waals surface area contributed by atoms with Gasteiger partial charge in [-0.05, 0) is 30.4 Å². The maximum Gasteiger partial charge on any atom is 0.372 e. The van der Waals surface area contributed by atoms with Crippen molar-refractivity contribution < 1.29 is 4.92 Å². The van der Waals surface area contributed by atoms with E-state index in [1.54, 1.807) is 11.6 Å². The van der Waals surface area contributed by atoms with Gasteiger partial charge in [0.25, 0.3) is 4.96 Å². The molecule has 1 atom stereocenters. The maximum atomic E-state index is 11.2. The van der Waals surface area contributed by atoms with Gasteiger partial charge in [0.2, 0.25) is 5.82 Å². The summed E-state index contributed by atoms with van der Waals surface area (Å²) < 4.78 is 1.68. The standard InChI is InChI=1S/C11H14N4O2S2/c1-11(3-2-5-19-11)7-12-8-9(15(16)17)14-4-6-18-10(14)13-8/h4,6,12H,2-3,5,7H2,1H3. The largest absolute Gasteiger partial charge is 0.372 e. The molecule has 0 spiro atoms. The average Bonchev–Trinajstić information content (AvgIpc) is 3.00. The van der Waals surface area contributed by atoms with Gasteiger partial charge < -0.3 is 15.4 Å². The third-order valence-electron chi connectivity index (χ3n) is 3.34. The second kappa shape index (κ2) is 4.68. The number of nitrogens with one attached hydrogen (secondary N) is 1. The van der Waals surface area contributed by atoms with Crippen LogP contribution in [0.25, 0.3) is 4.96 Å². The molecule has 102 valence electrons. The normalized spacial score (nSPS) is 23.0. The molecule has 1 saturated heterocycles. The number of thiazole rings is 1. The van der Waals surface area contributed by atoms with Crippen LogP contribution in [0.2, 0.25) is 0 Å². The van der Waals surface area contributed by atoms with Crippen LogP contribution >= 0.6 is 23.1 Å². The van der Waals surface area contributed by atoms with E-state index in [0.29, 0.717) is 17.3 Å². The number of hydrogen-bond acceptors (Lipinski definition) is 6. The molecule has 1 unspecified atom stereocenters. The Morgan fingerprint density at radius 1 is 1.68 bits per heavy atom. The third-order valence-corrected chi connectivity index (χ3v) is 5.63. The van der Waals surface area contributed by atoms with Gasteiger partial charge in [-0.25, -0.2) is 0 Å². The first-order valence-corrected chi connectivity index (χ1v) is 7.93. The summed E-state index contributed by atoms with van der Waals surface area (Å²) in [5.41, 5.74) is 0. The van der Waals surface area contributed by atoms with Crippen molar-refractivity contribution in [1.82, 2.24) is 9.38 Å². The molecule has 1 aliphatic rings. The number of imidazole rings is 1. The van der Waals surface area contributed by atoms with Crippen LogP contribution in [0.4, 0.5) is 11.6 Å². The van der Waals surface area contributed by atoms with Gasteiger partial charge in [-0.15, -0.1) is 0 Å².